The van der Waals surface area contributed by atoms with Gasteiger partial charge in [0.1, 0.15) is 16.5 Å². The van der Waals surface area contributed by atoms with Crippen molar-refractivity contribution in [3.63, 3.8) is 0 Å². The van der Waals surface area contributed by atoms with Gasteiger partial charge in [-0.25, -0.2) is 21.9 Å². The minimum absolute atomic E-state index is 0.113. The van der Waals surface area contributed by atoms with Gasteiger partial charge in [-0.15, -0.1) is 0 Å². The fourth-order valence-electron chi connectivity index (χ4n) is 1.17. The second-order valence-corrected chi connectivity index (χ2v) is 5.76. The summed E-state index contributed by atoms with van der Waals surface area (Å²) < 4.78 is 51.7. The highest BCUT2D eigenvalue weighted by molar-refractivity contribution is 9.10. The van der Waals surface area contributed by atoms with Crippen molar-refractivity contribution in [3.8, 4) is 0 Å². The van der Waals surface area contributed by atoms with Gasteiger partial charge in [-0.05, 0) is 29.0 Å². The fraction of sp³-hybridized carbons (Fsp3) is 0.333. The molecule has 1 rings (SSSR count). The molecule has 0 saturated carbocycles. The van der Waals surface area contributed by atoms with Crippen molar-refractivity contribution in [1.29, 1.82) is 0 Å². The number of halogens is 3. The Kier molecular flexibility index (Phi) is 4.99. The van der Waals surface area contributed by atoms with Crippen LogP contribution in [0.5, 0.6) is 0 Å². The number of likely N-dealkylation sites (N-methyl/N-ethyl adjacent to an activating group) is 1. The zero-order valence-corrected chi connectivity index (χ0v) is 11.3. The molecule has 96 valence electrons. The van der Waals surface area contributed by atoms with Gasteiger partial charge in [0.25, 0.3) is 0 Å². The summed E-state index contributed by atoms with van der Waals surface area (Å²) in [6.07, 6.45) is 0. The van der Waals surface area contributed by atoms with Gasteiger partial charge >= 0.3 is 0 Å². The quantitative estimate of drug-likeness (QED) is 0.799. The van der Waals surface area contributed by atoms with Gasteiger partial charge in [-0.2, -0.15) is 0 Å². The highest BCUT2D eigenvalue weighted by Gasteiger charge is 2.22. The van der Waals surface area contributed by atoms with Crippen LogP contribution in [0.25, 0.3) is 0 Å². The van der Waals surface area contributed by atoms with Gasteiger partial charge in [0, 0.05) is 23.6 Å². The molecule has 0 aliphatic rings. The van der Waals surface area contributed by atoms with Gasteiger partial charge in [-0.1, -0.05) is 0 Å². The van der Waals surface area contributed by atoms with Crippen molar-refractivity contribution in [1.82, 2.24) is 10.0 Å². The third-order valence-corrected chi connectivity index (χ3v) is 4.32. The molecule has 0 amide bonds. The lowest BCUT2D eigenvalue weighted by Gasteiger charge is -2.09. The number of rotatable bonds is 5. The summed E-state index contributed by atoms with van der Waals surface area (Å²) in [7, 11) is -2.33. The Bertz CT molecular complexity index is 485. The molecule has 0 aliphatic carbocycles. The van der Waals surface area contributed by atoms with Crippen molar-refractivity contribution >= 4 is 26.0 Å². The van der Waals surface area contributed by atoms with E-state index in [1.165, 1.54) is 0 Å². The number of hydrogen-bond acceptors (Lipinski definition) is 3. The summed E-state index contributed by atoms with van der Waals surface area (Å²) >= 11 is 2.83. The number of nitrogens with one attached hydrogen (secondary N) is 2. The smallest absolute Gasteiger partial charge is 0.244 e. The fourth-order valence-corrected chi connectivity index (χ4v) is 3.36. The predicted octanol–water partition coefficient (Wildman–Crippen LogP) is 1.22. The van der Waals surface area contributed by atoms with Crippen LogP contribution in [0.4, 0.5) is 8.78 Å². The predicted molar refractivity (Wildman–Crippen MR) is 63.2 cm³/mol. The maximum Gasteiger partial charge on any atom is 0.244 e. The molecule has 0 aliphatic heterocycles. The number of benzene rings is 1. The van der Waals surface area contributed by atoms with Crippen LogP contribution in [0, 0.1) is 11.6 Å². The monoisotopic (exact) mass is 328 g/mol. The largest absolute Gasteiger partial charge is 0.318 e. The van der Waals surface area contributed by atoms with Crippen LogP contribution in [0.2, 0.25) is 0 Å². The van der Waals surface area contributed by atoms with Crippen LogP contribution in [-0.4, -0.2) is 28.6 Å². The topological polar surface area (TPSA) is 58.2 Å². The Labute approximate surface area is 107 Å². The summed E-state index contributed by atoms with van der Waals surface area (Å²) in [6.45, 7) is 0.516. The van der Waals surface area contributed by atoms with E-state index in [1.54, 1.807) is 7.05 Å². The average molecular weight is 329 g/mol. The third kappa shape index (κ3) is 3.70. The molecule has 4 nitrogen and oxygen atoms in total. The Morgan fingerprint density at radius 3 is 2.47 bits per heavy atom. The minimum Gasteiger partial charge on any atom is -0.318 e. The molecular formula is C9H11BrF2N2O2S. The molecule has 0 aromatic heterocycles. The summed E-state index contributed by atoms with van der Waals surface area (Å²) in [5.41, 5.74) is 0. The van der Waals surface area contributed by atoms with Crippen molar-refractivity contribution in [2.75, 3.05) is 20.1 Å². The maximum absolute atomic E-state index is 13.4. The second-order valence-electron chi connectivity index (χ2n) is 3.20. The summed E-state index contributed by atoms with van der Waals surface area (Å²) in [5, 5.41) is 2.74. The zero-order valence-electron chi connectivity index (χ0n) is 8.93. The van der Waals surface area contributed by atoms with Crippen LogP contribution in [0.1, 0.15) is 0 Å². The molecule has 0 saturated heterocycles. The first-order valence-corrected chi connectivity index (χ1v) is 6.95. The Balaban J connectivity index is 3.07. The van der Waals surface area contributed by atoms with Crippen LogP contribution in [0.15, 0.2) is 21.5 Å². The highest BCUT2D eigenvalue weighted by Crippen LogP contribution is 2.25. The summed E-state index contributed by atoms with van der Waals surface area (Å²) in [5.74, 6) is -1.97. The van der Waals surface area contributed by atoms with E-state index in [2.05, 4.69) is 26.0 Å². The van der Waals surface area contributed by atoms with Crippen molar-refractivity contribution in [2.24, 2.45) is 0 Å². The first-order chi connectivity index (χ1) is 7.88. The molecule has 0 fully saturated rings. The highest BCUT2D eigenvalue weighted by atomic mass is 79.9. The van der Waals surface area contributed by atoms with Crippen LogP contribution < -0.4 is 10.0 Å². The molecule has 0 radical (unpaired) electrons. The van der Waals surface area contributed by atoms with Crippen LogP contribution in [0.3, 0.4) is 0 Å². The van der Waals surface area contributed by atoms with Gasteiger partial charge < -0.3 is 5.32 Å². The van der Waals surface area contributed by atoms with E-state index in [-0.39, 0.29) is 11.0 Å². The Hall–Kier alpha value is -0.570. The van der Waals surface area contributed by atoms with E-state index >= 15 is 0 Å². The summed E-state index contributed by atoms with van der Waals surface area (Å²) in [6, 6.07) is 1.42. The Morgan fingerprint density at radius 1 is 1.29 bits per heavy atom. The first kappa shape index (κ1) is 14.5. The molecule has 1 aromatic rings. The lowest BCUT2D eigenvalue weighted by molar-refractivity contribution is 0.540. The third-order valence-electron chi connectivity index (χ3n) is 1.90. The number of hydrogen-bond donors (Lipinski definition) is 2. The van der Waals surface area contributed by atoms with Crippen LogP contribution in [-0.2, 0) is 10.0 Å². The molecule has 0 heterocycles. The zero-order chi connectivity index (χ0) is 13.1. The lowest BCUT2D eigenvalue weighted by Crippen LogP contribution is -2.31. The standard InChI is InChI=1S/C9H11BrF2N2O2S/c1-13-2-3-14-17(15,16)9-7(10)4-6(11)5-8(9)12/h4-5,13-14H,2-3H2,1H3. The van der Waals surface area contributed by atoms with Crippen molar-refractivity contribution < 1.29 is 17.2 Å². The van der Waals surface area contributed by atoms with E-state index in [9.17, 15) is 17.2 Å². The SMILES string of the molecule is CNCCNS(=O)(=O)c1c(F)cc(F)cc1Br. The molecule has 1 aromatic carbocycles. The van der Waals surface area contributed by atoms with E-state index in [0.29, 0.717) is 12.6 Å². The number of sulfonamides is 1. The molecular weight excluding hydrogens is 318 g/mol. The lowest BCUT2D eigenvalue weighted by atomic mass is 10.3. The van der Waals surface area contributed by atoms with Crippen LogP contribution >= 0.6 is 15.9 Å². The van der Waals surface area contributed by atoms with E-state index in [0.717, 1.165) is 6.07 Å². The van der Waals surface area contributed by atoms with Gasteiger partial charge in [-0.3, -0.25) is 0 Å². The second kappa shape index (κ2) is 5.85. The Morgan fingerprint density at radius 2 is 1.94 bits per heavy atom. The maximum atomic E-state index is 13.4. The van der Waals surface area contributed by atoms with E-state index in [4.69, 9.17) is 0 Å². The van der Waals surface area contributed by atoms with Gasteiger partial charge in [0.2, 0.25) is 10.0 Å². The van der Waals surface area contributed by atoms with Gasteiger partial charge in [0.15, 0.2) is 0 Å². The first-order valence-electron chi connectivity index (χ1n) is 4.67. The van der Waals surface area contributed by atoms with Gasteiger partial charge in [0.05, 0.1) is 0 Å². The molecule has 0 unspecified atom stereocenters. The molecule has 17 heavy (non-hydrogen) atoms. The van der Waals surface area contributed by atoms with E-state index < -0.39 is 26.6 Å². The molecule has 8 heteroatoms. The van der Waals surface area contributed by atoms with Crippen molar-refractivity contribution in [3.05, 3.63) is 28.2 Å². The molecule has 0 atom stereocenters. The molecule has 0 bridgehead atoms. The summed E-state index contributed by atoms with van der Waals surface area (Å²) in [4.78, 5) is -0.588. The normalized spacial score (nSPS) is 11.8. The van der Waals surface area contributed by atoms with Crippen molar-refractivity contribution in [2.45, 2.75) is 4.90 Å². The minimum atomic E-state index is -3.99. The molecule has 2 N–H and O–H groups in total. The van der Waals surface area contributed by atoms with E-state index in [1.807, 2.05) is 0 Å². The molecule has 0 spiro atoms. The average Bonchev–Trinajstić information content (AvgIpc) is 2.15.